The van der Waals surface area contributed by atoms with Crippen molar-refractivity contribution in [1.82, 2.24) is 10.3 Å². The second kappa shape index (κ2) is 2.70. The normalized spacial score (nSPS) is 11.0. The van der Waals surface area contributed by atoms with Crippen LogP contribution in [0.25, 0.3) is 5.70 Å². The van der Waals surface area contributed by atoms with Gasteiger partial charge in [-0.25, -0.2) is 4.63 Å². The standard InChI is InChI=1S/C5H5N5O/c6-2-1-3(7)4-5(8)10-11-9-4/h1H,7H2,(H2,8,10). The molecule has 0 amide bonds. The molecule has 0 radical (unpaired) electrons. The molecule has 0 saturated heterocycles. The van der Waals surface area contributed by atoms with Crippen molar-refractivity contribution < 1.29 is 4.63 Å². The van der Waals surface area contributed by atoms with Crippen molar-refractivity contribution in [3.05, 3.63) is 11.8 Å². The molecule has 0 saturated carbocycles. The fourth-order valence-corrected chi connectivity index (χ4v) is 0.534. The Labute approximate surface area is 62.0 Å². The van der Waals surface area contributed by atoms with E-state index in [-0.39, 0.29) is 17.2 Å². The van der Waals surface area contributed by atoms with Gasteiger partial charge in [-0.05, 0) is 10.3 Å². The summed E-state index contributed by atoms with van der Waals surface area (Å²) in [5.74, 6) is 0.0778. The Morgan fingerprint density at radius 1 is 1.64 bits per heavy atom. The number of aromatic nitrogens is 2. The van der Waals surface area contributed by atoms with Crippen LogP contribution >= 0.6 is 0 Å². The zero-order valence-corrected chi connectivity index (χ0v) is 5.48. The van der Waals surface area contributed by atoms with Crippen LogP contribution in [-0.4, -0.2) is 10.3 Å². The van der Waals surface area contributed by atoms with Gasteiger partial charge in [-0.1, -0.05) is 0 Å². The minimum absolute atomic E-state index is 0.0778. The van der Waals surface area contributed by atoms with E-state index in [0.29, 0.717) is 0 Å². The van der Waals surface area contributed by atoms with Crippen LogP contribution in [0.1, 0.15) is 5.69 Å². The molecule has 4 N–H and O–H groups in total. The van der Waals surface area contributed by atoms with E-state index in [1.165, 1.54) is 0 Å². The molecule has 0 bridgehead atoms. The molecular weight excluding hydrogens is 146 g/mol. The highest BCUT2D eigenvalue weighted by atomic mass is 16.6. The topological polar surface area (TPSA) is 115 Å². The molecule has 0 unspecified atom stereocenters. The maximum absolute atomic E-state index is 8.20. The lowest BCUT2D eigenvalue weighted by atomic mass is 10.3. The van der Waals surface area contributed by atoms with Crippen LogP contribution in [0.15, 0.2) is 10.7 Å². The Bertz CT molecular complexity index is 320. The van der Waals surface area contributed by atoms with Gasteiger partial charge in [0.1, 0.15) is 0 Å². The Morgan fingerprint density at radius 2 is 2.36 bits per heavy atom. The second-order valence-electron chi connectivity index (χ2n) is 1.73. The molecule has 0 aromatic carbocycles. The molecule has 1 aromatic rings. The summed E-state index contributed by atoms with van der Waals surface area (Å²) in [6.45, 7) is 0. The Morgan fingerprint density at radius 3 is 2.82 bits per heavy atom. The van der Waals surface area contributed by atoms with E-state index in [0.717, 1.165) is 6.08 Å². The summed E-state index contributed by atoms with van der Waals surface area (Å²) >= 11 is 0. The second-order valence-corrected chi connectivity index (χ2v) is 1.73. The summed E-state index contributed by atoms with van der Waals surface area (Å²) in [6.07, 6.45) is 1.11. The molecule has 0 fully saturated rings. The minimum atomic E-state index is 0.0778. The first-order chi connectivity index (χ1) is 5.25. The van der Waals surface area contributed by atoms with E-state index in [1.807, 2.05) is 0 Å². The molecule has 6 heteroatoms. The van der Waals surface area contributed by atoms with Crippen molar-refractivity contribution in [3.63, 3.8) is 0 Å². The van der Waals surface area contributed by atoms with E-state index in [1.54, 1.807) is 6.07 Å². The lowest BCUT2D eigenvalue weighted by molar-refractivity contribution is 0.307. The van der Waals surface area contributed by atoms with E-state index in [4.69, 9.17) is 16.7 Å². The molecule has 1 aromatic heterocycles. The number of rotatable bonds is 1. The van der Waals surface area contributed by atoms with Gasteiger partial charge in [-0.3, -0.25) is 0 Å². The third-order valence-electron chi connectivity index (χ3n) is 1.01. The number of nitrogens with two attached hydrogens (primary N) is 2. The summed E-state index contributed by atoms with van der Waals surface area (Å²) < 4.78 is 4.26. The van der Waals surface area contributed by atoms with E-state index in [2.05, 4.69) is 14.9 Å². The lowest BCUT2D eigenvalue weighted by Crippen LogP contribution is -2.00. The highest BCUT2D eigenvalue weighted by Gasteiger charge is 2.07. The maximum atomic E-state index is 8.20. The molecule has 56 valence electrons. The van der Waals surface area contributed by atoms with Crippen LogP contribution < -0.4 is 11.5 Å². The molecule has 0 spiro atoms. The molecule has 1 rings (SSSR count). The van der Waals surface area contributed by atoms with Crippen LogP contribution in [0.4, 0.5) is 5.82 Å². The van der Waals surface area contributed by atoms with Crippen LogP contribution in [-0.2, 0) is 0 Å². The number of allylic oxidation sites excluding steroid dienone is 1. The Balaban J connectivity index is 3.04. The number of anilines is 1. The lowest BCUT2D eigenvalue weighted by Gasteiger charge is -1.89. The first kappa shape index (κ1) is 7.08. The van der Waals surface area contributed by atoms with Crippen LogP contribution in [0.3, 0.4) is 0 Å². The monoisotopic (exact) mass is 151 g/mol. The highest BCUT2D eigenvalue weighted by molar-refractivity contribution is 5.68. The minimum Gasteiger partial charge on any atom is -0.396 e. The van der Waals surface area contributed by atoms with E-state index >= 15 is 0 Å². The SMILES string of the molecule is N#CC=C(N)c1nonc1N. The predicted octanol–water partition coefficient (Wildman–Crippen LogP) is -0.525. The van der Waals surface area contributed by atoms with Gasteiger partial charge in [0.25, 0.3) is 0 Å². The molecule has 11 heavy (non-hydrogen) atoms. The number of hydrogen-bond donors (Lipinski definition) is 2. The van der Waals surface area contributed by atoms with Crippen molar-refractivity contribution in [1.29, 1.82) is 5.26 Å². The zero-order valence-electron chi connectivity index (χ0n) is 5.48. The summed E-state index contributed by atoms with van der Waals surface area (Å²) in [5, 5.41) is 14.9. The van der Waals surface area contributed by atoms with Crippen LogP contribution in [0, 0.1) is 11.3 Å². The van der Waals surface area contributed by atoms with Crippen LogP contribution in [0.5, 0.6) is 0 Å². The van der Waals surface area contributed by atoms with Gasteiger partial charge in [0, 0.05) is 6.08 Å². The third kappa shape index (κ3) is 1.27. The molecule has 1 heterocycles. The van der Waals surface area contributed by atoms with Gasteiger partial charge < -0.3 is 11.5 Å². The zero-order chi connectivity index (χ0) is 8.27. The predicted molar refractivity (Wildman–Crippen MR) is 36.5 cm³/mol. The van der Waals surface area contributed by atoms with Crippen molar-refractivity contribution in [2.24, 2.45) is 5.73 Å². The summed E-state index contributed by atoms with van der Waals surface area (Å²) in [4.78, 5) is 0. The van der Waals surface area contributed by atoms with Crippen molar-refractivity contribution in [3.8, 4) is 6.07 Å². The number of nitrogens with zero attached hydrogens (tertiary/aromatic N) is 3. The number of nitrogen functional groups attached to an aromatic ring is 1. The fourth-order valence-electron chi connectivity index (χ4n) is 0.534. The molecule has 0 atom stereocenters. The van der Waals surface area contributed by atoms with Gasteiger partial charge in [-0.15, -0.1) is 0 Å². The summed E-state index contributed by atoms with van der Waals surface area (Å²) in [6, 6.07) is 1.73. The van der Waals surface area contributed by atoms with Crippen molar-refractivity contribution in [2.45, 2.75) is 0 Å². The number of nitriles is 1. The van der Waals surface area contributed by atoms with Gasteiger partial charge in [0.2, 0.25) is 0 Å². The highest BCUT2D eigenvalue weighted by Crippen LogP contribution is 2.10. The molecular formula is C5H5N5O. The van der Waals surface area contributed by atoms with Gasteiger partial charge in [0.05, 0.1) is 11.8 Å². The fraction of sp³-hybridized carbons (Fsp3) is 0. The maximum Gasteiger partial charge on any atom is 0.197 e. The molecule has 0 aliphatic rings. The molecule has 6 nitrogen and oxygen atoms in total. The Hall–Kier alpha value is -2.03. The first-order valence-electron chi connectivity index (χ1n) is 2.69. The first-order valence-corrected chi connectivity index (χ1v) is 2.69. The summed E-state index contributed by atoms with van der Waals surface area (Å²) in [7, 11) is 0. The molecule has 0 aliphatic carbocycles. The third-order valence-corrected chi connectivity index (χ3v) is 1.01. The van der Waals surface area contributed by atoms with E-state index < -0.39 is 0 Å². The smallest absolute Gasteiger partial charge is 0.197 e. The van der Waals surface area contributed by atoms with Gasteiger partial charge in [-0.2, -0.15) is 5.26 Å². The average Bonchev–Trinajstić information content (AvgIpc) is 2.36. The van der Waals surface area contributed by atoms with Gasteiger partial charge in [0.15, 0.2) is 11.5 Å². The van der Waals surface area contributed by atoms with Gasteiger partial charge >= 0.3 is 0 Å². The average molecular weight is 151 g/mol. The van der Waals surface area contributed by atoms with E-state index in [9.17, 15) is 0 Å². The van der Waals surface area contributed by atoms with Crippen LogP contribution in [0.2, 0.25) is 0 Å². The van der Waals surface area contributed by atoms with Crippen molar-refractivity contribution in [2.75, 3.05) is 5.73 Å². The number of hydrogen-bond acceptors (Lipinski definition) is 6. The molecule has 0 aliphatic heterocycles. The Kier molecular flexibility index (Phi) is 1.74. The summed E-state index contributed by atoms with van der Waals surface area (Å²) in [5.41, 5.74) is 11.0. The quantitative estimate of drug-likeness (QED) is 0.521. The van der Waals surface area contributed by atoms with Crippen molar-refractivity contribution >= 4 is 11.5 Å². The largest absolute Gasteiger partial charge is 0.396 e.